The molecule has 1 saturated carbocycles. The first kappa shape index (κ1) is 28.1. The Balaban J connectivity index is 1.59. The zero-order valence-corrected chi connectivity index (χ0v) is 26.0. The lowest BCUT2D eigenvalue weighted by Gasteiger charge is -2.61. The highest BCUT2D eigenvalue weighted by atomic mass is 28.4. The van der Waals surface area contributed by atoms with Crippen molar-refractivity contribution in [3.8, 4) is 0 Å². The third-order valence-corrected chi connectivity index (χ3v) is 16.6. The molecule has 0 heterocycles. The van der Waals surface area contributed by atoms with Gasteiger partial charge in [0.25, 0.3) is 0 Å². The van der Waals surface area contributed by atoms with Crippen LogP contribution in [0.2, 0.25) is 18.1 Å². The van der Waals surface area contributed by atoms with Crippen LogP contribution in [-0.2, 0) is 9.22 Å². The molecule has 0 amide bonds. The number of hydrogen-bond acceptors (Lipinski definition) is 2. The van der Waals surface area contributed by atoms with Gasteiger partial charge in [-0.1, -0.05) is 67.0 Å². The minimum Gasteiger partial charge on any atom is -0.481 e. The Morgan fingerprint density at radius 1 is 1.11 bits per heavy atom. The molecule has 0 radical (unpaired) electrons. The van der Waals surface area contributed by atoms with Crippen molar-refractivity contribution in [3.63, 3.8) is 0 Å². The van der Waals surface area contributed by atoms with Gasteiger partial charge in [0.1, 0.15) is 0 Å². The summed E-state index contributed by atoms with van der Waals surface area (Å²) >= 11 is 0. The predicted molar refractivity (Wildman–Crippen MR) is 153 cm³/mol. The van der Waals surface area contributed by atoms with Crippen molar-refractivity contribution in [1.29, 1.82) is 0 Å². The number of allylic oxidation sites excluding steroid dienone is 4. The van der Waals surface area contributed by atoms with Crippen LogP contribution in [0.1, 0.15) is 113 Å². The first-order valence-corrected chi connectivity index (χ1v) is 17.7. The summed E-state index contributed by atoms with van der Waals surface area (Å²) in [4.78, 5) is 11.2. The Labute approximate surface area is 222 Å². The maximum absolute atomic E-state index is 11.2. The molecular formula is C32H54O3Si. The Morgan fingerprint density at radius 2 is 1.78 bits per heavy atom. The molecule has 204 valence electrons. The summed E-state index contributed by atoms with van der Waals surface area (Å²) in [6.45, 7) is 24.3. The van der Waals surface area contributed by atoms with E-state index in [1.807, 2.05) is 0 Å². The lowest BCUT2D eigenvalue weighted by atomic mass is 9.46. The van der Waals surface area contributed by atoms with Crippen LogP contribution >= 0.6 is 0 Å². The molecule has 6 atom stereocenters. The fourth-order valence-corrected chi connectivity index (χ4v) is 10.3. The third-order valence-electron chi connectivity index (χ3n) is 12.1. The molecule has 3 nitrogen and oxygen atoms in total. The summed E-state index contributed by atoms with van der Waals surface area (Å²) in [5.74, 6) is 1.05. The van der Waals surface area contributed by atoms with E-state index in [0.717, 1.165) is 12.8 Å². The monoisotopic (exact) mass is 514 g/mol. The van der Waals surface area contributed by atoms with Crippen LogP contribution in [0.3, 0.4) is 0 Å². The van der Waals surface area contributed by atoms with Gasteiger partial charge in [-0.2, -0.15) is 0 Å². The van der Waals surface area contributed by atoms with Gasteiger partial charge >= 0.3 is 5.97 Å². The standard InChI is InChI=1S/C32H54O3Si/c1-21(11-16-28(33)34)23-13-14-24-22-12-15-26-30(5,6)27(35-36(9,10)29(2,3)4)18-20-32(26,8)25(22)17-19-31(23,24)7/h14,21,23,26-27H,11-13,15-20H2,1-10H3,(H,33,34)/t21-,23-,26?,27?,31-,32-/m1/s1. The molecule has 0 aromatic carbocycles. The number of rotatable bonds is 6. The largest absolute Gasteiger partial charge is 0.481 e. The molecule has 1 N–H and O–H groups in total. The maximum atomic E-state index is 11.2. The summed E-state index contributed by atoms with van der Waals surface area (Å²) in [6, 6.07) is 0. The molecule has 0 spiro atoms. The van der Waals surface area contributed by atoms with E-state index in [1.54, 1.807) is 16.7 Å². The van der Waals surface area contributed by atoms with Crippen LogP contribution in [0.25, 0.3) is 0 Å². The maximum Gasteiger partial charge on any atom is 0.303 e. The zero-order chi connectivity index (χ0) is 26.9. The topological polar surface area (TPSA) is 46.5 Å². The lowest BCUT2D eigenvalue weighted by Crippen LogP contribution is -2.57. The van der Waals surface area contributed by atoms with Gasteiger partial charge in [-0.15, -0.1) is 0 Å². The van der Waals surface area contributed by atoms with E-state index in [2.05, 4.69) is 74.6 Å². The number of carboxylic acids is 1. The van der Waals surface area contributed by atoms with Gasteiger partial charge in [0.05, 0.1) is 6.10 Å². The zero-order valence-electron chi connectivity index (χ0n) is 25.0. The first-order chi connectivity index (χ1) is 16.4. The highest BCUT2D eigenvalue weighted by Gasteiger charge is 2.58. The molecule has 0 saturated heterocycles. The Hall–Kier alpha value is -0.873. The van der Waals surface area contributed by atoms with Crippen LogP contribution in [0.15, 0.2) is 22.8 Å². The lowest BCUT2D eigenvalue weighted by molar-refractivity contribution is -0.137. The van der Waals surface area contributed by atoms with Crippen molar-refractivity contribution in [2.24, 2.45) is 34.0 Å². The van der Waals surface area contributed by atoms with Gasteiger partial charge in [0.2, 0.25) is 0 Å². The summed E-state index contributed by atoms with van der Waals surface area (Å²) in [5.41, 5.74) is 5.81. The van der Waals surface area contributed by atoms with Gasteiger partial charge in [-0.25, -0.2) is 0 Å². The van der Waals surface area contributed by atoms with Gasteiger partial charge < -0.3 is 9.53 Å². The average molecular weight is 515 g/mol. The van der Waals surface area contributed by atoms with E-state index >= 15 is 0 Å². The molecule has 4 aliphatic carbocycles. The normalized spacial score (nSPS) is 37.1. The van der Waals surface area contributed by atoms with Gasteiger partial charge in [-0.3, -0.25) is 4.79 Å². The van der Waals surface area contributed by atoms with Crippen LogP contribution in [-0.4, -0.2) is 25.5 Å². The van der Waals surface area contributed by atoms with E-state index in [4.69, 9.17) is 4.43 Å². The van der Waals surface area contributed by atoms with Crippen LogP contribution in [0.4, 0.5) is 0 Å². The highest BCUT2D eigenvalue weighted by molar-refractivity contribution is 6.74. The minimum atomic E-state index is -1.81. The molecule has 0 aromatic heterocycles. The highest BCUT2D eigenvalue weighted by Crippen LogP contribution is 2.67. The molecule has 4 aliphatic rings. The molecule has 0 bridgehead atoms. The molecule has 36 heavy (non-hydrogen) atoms. The Bertz CT molecular complexity index is 951. The first-order valence-electron chi connectivity index (χ1n) is 14.8. The second-order valence-corrected chi connectivity index (χ2v) is 20.2. The van der Waals surface area contributed by atoms with Crippen molar-refractivity contribution in [2.45, 2.75) is 137 Å². The molecule has 4 rings (SSSR count). The van der Waals surface area contributed by atoms with Crippen molar-refractivity contribution in [2.75, 3.05) is 0 Å². The van der Waals surface area contributed by atoms with Crippen molar-refractivity contribution in [1.82, 2.24) is 0 Å². The number of carboxylic acid groups (broad SMARTS) is 1. The molecular weight excluding hydrogens is 460 g/mol. The minimum absolute atomic E-state index is 0.180. The molecule has 4 heteroatoms. The fraction of sp³-hybridized carbons (Fsp3) is 0.844. The van der Waals surface area contributed by atoms with Gasteiger partial charge in [0, 0.05) is 6.42 Å². The molecule has 1 fully saturated rings. The summed E-state index contributed by atoms with van der Waals surface area (Å²) in [7, 11) is -1.81. The molecule has 0 aliphatic heterocycles. The molecule has 0 aromatic rings. The predicted octanol–water partition coefficient (Wildman–Crippen LogP) is 9.16. The van der Waals surface area contributed by atoms with Crippen LogP contribution in [0.5, 0.6) is 0 Å². The summed E-state index contributed by atoms with van der Waals surface area (Å²) in [5, 5.41) is 9.47. The van der Waals surface area contributed by atoms with Crippen molar-refractivity contribution in [3.05, 3.63) is 22.8 Å². The van der Waals surface area contributed by atoms with Gasteiger partial charge in [0.15, 0.2) is 8.32 Å². The fourth-order valence-electron chi connectivity index (χ4n) is 8.86. The number of fused-ring (bicyclic) bond motifs is 4. The quantitative estimate of drug-likeness (QED) is 0.359. The summed E-state index contributed by atoms with van der Waals surface area (Å²) < 4.78 is 7.12. The smallest absolute Gasteiger partial charge is 0.303 e. The van der Waals surface area contributed by atoms with E-state index in [0.29, 0.717) is 30.3 Å². The number of hydrogen-bond donors (Lipinski definition) is 1. The third kappa shape index (κ3) is 4.40. The van der Waals surface area contributed by atoms with E-state index < -0.39 is 14.3 Å². The van der Waals surface area contributed by atoms with E-state index in [1.165, 1.54) is 38.5 Å². The van der Waals surface area contributed by atoms with E-state index in [-0.39, 0.29) is 21.3 Å². The van der Waals surface area contributed by atoms with Crippen molar-refractivity contribution >= 4 is 14.3 Å². The van der Waals surface area contributed by atoms with E-state index in [9.17, 15) is 9.90 Å². The number of carbonyl (C=O) groups is 1. The Kier molecular flexibility index (Phi) is 7.12. The van der Waals surface area contributed by atoms with Crippen LogP contribution < -0.4 is 0 Å². The SMILES string of the molecule is C[C@H](CCC(=O)O)[C@H]1CC=C2C3=C(CC[C@@]21C)[C@@]1(C)CCC(O[Si](C)(C)C(C)(C)C)C(C)(C)C1CC3. The second kappa shape index (κ2) is 9.11. The Morgan fingerprint density at radius 3 is 2.39 bits per heavy atom. The second-order valence-electron chi connectivity index (χ2n) is 15.5. The number of aliphatic carboxylic acids is 1. The molecule has 2 unspecified atom stereocenters. The summed E-state index contributed by atoms with van der Waals surface area (Å²) in [6.07, 6.45) is 12.5. The average Bonchev–Trinajstić information content (AvgIpc) is 3.10. The van der Waals surface area contributed by atoms with Gasteiger partial charge in [-0.05, 0) is 115 Å². The van der Waals surface area contributed by atoms with Crippen molar-refractivity contribution < 1.29 is 14.3 Å². The van der Waals surface area contributed by atoms with Crippen LogP contribution in [0, 0.1) is 34.0 Å².